The molecule has 0 spiro atoms. The van der Waals surface area contributed by atoms with Gasteiger partial charge in [-0.25, -0.2) is 9.48 Å². The van der Waals surface area contributed by atoms with Crippen molar-refractivity contribution < 1.29 is 4.74 Å². The van der Waals surface area contributed by atoms with Gasteiger partial charge in [0.15, 0.2) is 0 Å². The Kier molecular flexibility index (Phi) is 2.81. The Hall–Kier alpha value is -2.57. The first-order valence-corrected chi connectivity index (χ1v) is 6.20. The van der Waals surface area contributed by atoms with Gasteiger partial charge in [-0.3, -0.25) is 9.36 Å². The molecule has 1 unspecified atom stereocenters. The minimum absolute atomic E-state index is 0.139. The lowest BCUT2D eigenvalue weighted by Crippen LogP contribution is -2.40. The molecule has 0 saturated carbocycles. The van der Waals surface area contributed by atoms with E-state index in [1.54, 1.807) is 0 Å². The molecular weight excluding hydrogens is 260 g/mol. The van der Waals surface area contributed by atoms with E-state index in [0.29, 0.717) is 6.61 Å². The minimum atomic E-state index is -0.455. The number of aromatic nitrogens is 3. The van der Waals surface area contributed by atoms with Gasteiger partial charge >= 0.3 is 5.69 Å². The fourth-order valence-corrected chi connectivity index (χ4v) is 2.24. The number of para-hydroxylation sites is 1. The van der Waals surface area contributed by atoms with Crippen LogP contribution in [0.25, 0.3) is 0 Å². The number of rotatable bonds is 2. The lowest BCUT2D eigenvalue weighted by atomic mass is 10.1. The van der Waals surface area contributed by atoms with Gasteiger partial charge in [-0.15, -0.1) is 5.10 Å². The molecule has 1 aromatic heterocycles. The summed E-state index contributed by atoms with van der Waals surface area (Å²) >= 11 is 0. The number of hydrogen-bond acceptors (Lipinski definition) is 5. The third-order valence-corrected chi connectivity index (χ3v) is 3.33. The first kappa shape index (κ1) is 12.5. The average molecular weight is 274 g/mol. The predicted octanol–water partition coefficient (Wildman–Crippen LogP) is 0.0246. The average Bonchev–Trinajstić information content (AvgIpc) is 2.86. The fourth-order valence-electron chi connectivity index (χ4n) is 2.24. The second kappa shape index (κ2) is 4.52. The SMILES string of the molecule is Cn1nc(NC2COc3ccccc32)c(=O)n(C)c1=O. The normalized spacial score (nSPS) is 16.6. The molecule has 0 amide bonds. The largest absolute Gasteiger partial charge is 0.491 e. The van der Waals surface area contributed by atoms with Crippen LogP contribution in [0.15, 0.2) is 33.9 Å². The van der Waals surface area contributed by atoms with E-state index in [-0.39, 0.29) is 11.9 Å². The van der Waals surface area contributed by atoms with Crippen molar-refractivity contribution in [3.8, 4) is 5.75 Å². The van der Waals surface area contributed by atoms with Crippen LogP contribution in [0.2, 0.25) is 0 Å². The van der Waals surface area contributed by atoms with Crippen molar-refractivity contribution in [2.24, 2.45) is 14.1 Å². The Labute approximate surface area is 114 Å². The van der Waals surface area contributed by atoms with Crippen LogP contribution in [-0.2, 0) is 14.1 Å². The van der Waals surface area contributed by atoms with Crippen molar-refractivity contribution in [3.63, 3.8) is 0 Å². The van der Waals surface area contributed by atoms with Crippen molar-refractivity contribution in [1.29, 1.82) is 0 Å². The van der Waals surface area contributed by atoms with E-state index >= 15 is 0 Å². The molecule has 104 valence electrons. The van der Waals surface area contributed by atoms with E-state index in [1.165, 1.54) is 14.1 Å². The van der Waals surface area contributed by atoms with Crippen LogP contribution in [0.5, 0.6) is 5.75 Å². The monoisotopic (exact) mass is 274 g/mol. The molecule has 0 fully saturated rings. The Bertz CT molecular complexity index is 778. The molecule has 2 heterocycles. The van der Waals surface area contributed by atoms with Crippen molar-refractivity contribution in [2.45, 2.75) is 6.04 Å². The van der Waals surface area contributed by atoms with E-state index in [1.807, 2.05) is 24.3 Å². The highest BCUT2D eigenvalue weighted by molar-refractivity contribution is 5.45. The zero-order valence-electron chi connectivity index (χ0n) is 11.2. The van der Waals surface area contributed by atoms with Gasteiger partial charge in [0.05, 0.1) is 6.04 Å². The van der Waals surface area contributed by atoms with Gasteiger partial charge in [0.2, 0.25) is 5.82 Å². The molecule has 20 heavy (non-hydrogen) atoms. The number of hydrogen-bond donors (Lipinski definition) is 1. The maximum Gasteiger partial charge on any atom is 0.346 e. The van der Waals surface area contributed by atoms with E-state index in [2.05, 4.69) is 10.4 Å². The number of nitrogens with one attached hydrogen (secondary N) is 1. The van der Waals surface area contributed by atoms with Gasteiger partial charge in [-0.1, -0.05) is 18.2 Å². The summed E-state index contributed by atoms with van der Waals surface area (Å²) in [6.45, 7) is 0.424. The van der Waals surface area contributed by atoms with Crippen LogP contribution in [0.3, 0.4) is 0 Å². The zero-order valence-corrected chi connectivity index (χ0v) is 11.2. The highest BCUT2D eigenvalue weighted by Crippen LogP contribution is 2.33. The molecule has 1 N–H and O–H groups in total. The molecule has 0 aliphatic carbocycles. The smallest absolute Gasteiger partial charge is 0.346 e. The van der Waals surface area contributed by atoms with E-state index < -0.39 is 11.2 Å². The molecule has 2 aromatic rings. The van der Waals surface area contributed by atoms with Crippen LogP contribution in [-0.4, -0.2) is 21.0 Å². The van der Waals surface area contributed by atoms with Crippen LogP contribution in [0.1, 0.15) is 11.6 Å². The summed E-state index contributed by atoms with van der Waals surface area (Å²) in [4.78, 5) is 23.6. The lowest BCUT2D eigenvalue weighted by Gasteiger charge is -2.13. The van der Waals surface area contributed by atoms with Gasteiger partial charge in [0.25, 0.3) is 5.56 Å². The van der Waals surface area contributed by atoms with Gasteiger partial charge in [-0.05, 0) is 6.07 Å². The Morgan fingerprint density at radius 3 is 2.85 bits per heavy atom. The Morgan fingerprint density at radius 1 is 1.30 bits per heavy atom. The summed E-state index contributed by atoms with van der Waals surface area (Å²) in [5.41, 5.74) is 0.0753. The quantitative estimate of drug-likeness (QED) is 0.835. The summed E-state index contributed by atoms with van der Waals surface area (Å²) < 4.78 is 7.69. The van der Waals surface area contributed by atoms with Crippen LogP contribution in [0.4, 0.5) is 5.82 Å². The van der Waals surface area contributed by atoms with Crippen molar-refractivity contribution in [3.05, 3.63) is 50.7 Å². The van der Waals surface area contributed by atoms with Crippen LogP contribution >= 0.6 is 0 Å². The zero-order chi connectivity index (χ0) is 14.3. The van der Waals surface area contributed by atoms with E-state index in [9.17, 15) is 9.59 Å². The first-order chi connectivity index (χ1) is 9.58. The van der Waals surface area contributed by atoms with Crippen molar-refractivity contribution in [1.82, 2.24) is 14.3 Å². The summed E-state index contributed by atoms with van der Waals surface area (Å²) in [6, 6.07) is 7.47. The molecule has 3 rings (SSSR count). The minimum Gasteiger partial charge on any atom is -0.491 e. The van der Waals surface area contributed by atoms with Crippen molar-refractivity contribution in [2.75, 3.05) is 11.9 Å². The number of ether oxygens (including phenoxy) is 1. The predicted molar refractivity (Wildman–Crippen MR) is 73.0 cm³/mol. The summed E-state index contributed by atoms with van der Waals surface area (Å²) in [6.07, 6.45) is 0. The number of fused-ring (bicyclic) bond motifs is 1. The highest BCUT2D eigenvalue weighted by Gasteiger charge is 2.25. The Balaban J connectivity index is 1.98. The topological polar surface area (TPSA) is 78.2 Å². The maximum absolute atomic E-state index is 12.0. The molecule has 1 aliphatic heterocycles. The number of benzene rings is 1. The van der Waals surface area contributed by atoms with Crippen molar-refractivity contribution >= 4 is 5.82 Å². The standard InChI is InChI=1S/C13H14N4O3/c1-16-12(18)11(15-17(2)13(16)19)14-9-7-20-10-6-4-3-5-8(9)10/h3-6,9H,7H2,1-2H3,(H,14,15). The third kappa shape index (κ3) is 1.87. The van der Waals surface area contributed by atoms with Gasteiger partial charge in [0.1, 0.15) is 12.4 Å². The second-order valence-corrected chi connectivity index (χ2v) is 4.66. The molecular formula is C13H14N4O3. The molecule has 1 atom stereocenters. The third-order valence-electron chi connectivity index (χ3n) is 3.33. The van der Waals surface area contributed by atoms with Gasteiger partial charge in [-0.2, -0.15) is 0 Å². The van der Waals surface area contributed by atoms with E-state index in [0.717, 1.165) is 20.6 Å². The Morgan fingerprint density at radius 2 is 2.05 bits per heavy atom. The van der Waals surface area contributed by atoms with Gasteiger partial charge < -0.3 is 10.1 Å². The summed E-state index contributed by atoms with van der Waals surface area (Å²) in [5, 5.41) is 7.02. The molecule has 7 nitrogen and oxygen atoms in total. The molecule has 1 aromatic carbocycles. The molecule has 1 aliphatic rings. The summed E-state index contributed by atoms with van der Waals surface area (Å²) in [5.74, 6) is 0.937. The summed E-state index contributed by atoms with van der Waals surface area (Å²) in [7, 11) is 2.93. The van der Waals surface area contributed by atoms with E-state index in [4.69, 9.17) is 4.74 Å². The molecule has 0 radical (unpaired) electrons. The molecule has 7 heteroatoms. The number of aryl methyl sites for hydroxylation is 1. The molecule has 0 bridgehead atoms. The number of anilines is 1. The molecule has 0 saturated heterocycles. The van der Waals surface area contributed by atoms with Crippen LogP contribution < -0.4 is 21.3 Å². The maximum atomic E-state index is 12.0. The van der Waals surface area contributed by atoms with Gasteiger partial charge in [0, 0.05) is 19.7 Å². The number of nitrogens with zero attached hydrogens (tertiary/aromatic N) is 3. The van der Waals surface area contributed by atoms with Crippen LogP contribution in [0, 0.1) is 0 Å². The second-order valence-electron chi connectivity index (χ2n) is 4.66. The fraction of sp³-hybridized carbons (Fsp3) is 0.308. The first-order valence-electron chi connectivity index (χ1n) is 6.20. The highest BCUT2D eigenvalue weighted by atomic mass is 16.5. The lowest BCUT2D eigenvalue weighted by molar-refractivity contribution is 0.339.